The molecule has 1 aliphatic carbocycles. The number of aromatic nitrogens is 2. The van der Waals surface area contributed by atoms with Crippen LogP contribution in [0.3, 0.4) is 0 Å². The predicted molar refractivity (Wildman–Crippen MR) is 103 cm³/mol. The number of likely N-dealkylation sites (tertiary alicyclic amines) is 1. The minimum atomic E-state index is -4.64. The van der Waals surface area contributed by atoms with E-state index in [4.69, 9.17) is 4.74 Å². The lowest BCUT2D eigenvalue weighted by atomic mass is 10.1. The number of carbonyl (C=O) groups excluding carboxylic acids is 1. The van der Waals surface area contributed by atoms with Gasteiger partial charge < -0.3 is 9.64 Å². The van der Waals surface area contributed by atoms with E-state index in [1.807, 2.05) is 0 Å². The number of fused-ring (bicyclic) bond motifs is 1. The van der Waals surface area contributed by atoms with Crippen molar-refractivity contribution < 1.29 is 31.1 Å². The lowest BCUT2D eigenvalue weighted by Gasteiger charge is -2.24. The van der Waals surface area contributed by atoms with Crippen molar-refractivity contribution >= 4 is 15.7 Å². The second kappa shape index (κ2) is 7.18. The minimum Gasteiger partial charge on any atom is -0.480 e. The Morgan fingerprint density at radius 1 is 1.29 bits per heavy atom. The van der Waals surface area contributed by atoms with Crippen molar-refractivity contribution in [2.75, 3.05) is 19.3 Å². The van der Waals surface area contributed by atoms with E-state index >= 15 is 0 Å². The van der Waals surface area contributed by atoms with Crippen LogP contribution in [-0.4, -0.2) is 60.8 Å². The summed E-state index contributed by atoms with van der Waals surface area (Å²) < 4.78 is 67.9. The van der Waals surface area contributed by atoms with E-state index in [1.165, 1.54) is 4.90 Å². The summed E-state index contributed by atoms with van der Waals surface area (Å²) in [7, 11) is -3.68. The topological polar surface area (TPSA) is 89.5 Å². The molecule has 2 aliphatic rings. The molecule has 1 aromatic carbocycles. The number of carbonyl (C=O) groups is 1. The van der Waals surface area contributed by atoms with Crippen molar-refractivity contribution in [1.29, 1.82) is 0 Å². The molecule has 166 valence electrons. The van der Waals surface area contributed by atoms with E-state index in [0.717, 1.165) is 37.8 Å². The lowest BCUT2D eigenvalue weighted by molar-refractivity contribution is -0.189. The number of hydrogen-bond donors (Lipinski definition) is 0. The third kappa shape index (κ3) is 3.98. The van der Waals surface area contributed by atoms with Crippen molar-refractivity contribution in [1.82, 2.24) is 14.9 Å². The number of piperidine rings is 1. The highest BCUT2D eigenvalue weighted by Crippen LogP contribution is 2.58. The number of ether oxygens (including phenoxy) is 1. The van der Waals surface area contributed by atoms with Crippen molar-refractivity contribution in [2.24, 2.45) is 5.92 Å². The first-order chi connectivity index (χ1) is 14.4. The molecular formula is C20H20F3N3O4S. The fraction of sp³-hybridized carbons (Fsp3) is 0.450. The van der Waals surface area contributed by atoms with Gasteiger partial charge in [-0.3, -0.25) is 4.79 Å². The molecule has 2 aromatic rings. The fourth-order valence-electron chi connectivity index (χ4n) is 3.98. The zero-order valence-corrected chi connectivity index (χ0v) is 17.6. The number of hydrogen-bond acceptors (Lipinski definition) is 6. The molecule has 1 aliphatic heterocycles. The van der Waals surface area contributed by atoms with Crippen molar-refractivity contribution in [3.05, 3.63) is 48.0 Å². The maximum atomic E-state index is 13.2. The summed E-state index contributed by atoms with van der Waals surface area (Å²) in [6, 6.07) is 4.99. The van der Waals surface area contributed by atoms with Crippen LogP contribution in [0, 0.1) is 5.92 Å². The number of sulfone groups is 1. The Morgan fingerprint density at radius 3 is 2.58 bits per heavy atom. The molecule has 1 amide bonds. The van der Waals surface area contributed by atoms with E-state index in [-0.39, 0.29) is 27.5 Å². The van der Waals surface area contributed by atoms with Crippen molar-refractivity contribution in [2.45, 2.75) is 35.9 Å². The number of halogens is 3. The average molecular weight is 455 g/mol. The molecule has 0 N–H and O–H groups in total. The third-order valence-corrected chi connectivity index (χ3v) is 6.93. The Bertz CT molecular complexity index is 1120. The molecule has 2 heterocycles. The molecule has 1 aromatic heterocycles. The summed E-state index contributed by atoms with van der Waals surface area (Å²) in [4.78, 5) is 23.2. The molecule has 0 bridgehead atoms. The highest BCUT2D eigenvalue weighted by atomic mass is 32.2. The van der Waals surface area contributed by atoms with Crippen LogP contribution in [-0.2, 0) is 15.3 Å². The summed E-state index contributed by atoms with van der Waals surface area (Å²) in [6.07, 6.45) is -1.78. The standard InChI is InChI=1S/C20H20F3N3O4S/c1-12(20(21,22)23)30-16-5-4-14(31(2,28)29)8-15(16)17(27)26-10-13-9-19(13,11-26)18-24-6-3-7-25-18/h3-8,12-13H,9-11H2,1-2H3/t12-,13?,19+/m1/s1. The van der Waals surface area contributed by atoms with E-state index in [2.05, 4.69) is 9.97 Å². The van der Waals surface area contributed by atoms with Crippen molar-refractivity contribution in [3.63, 3.8) is 0 Å². The van der Waals surface area contributed by atoms with Gasteiger partial charge in [0.05, 0.1) is 15.9 Å². The number of nitrogens with zero attached hydrogens (tertiary/aromatic N) is 3. The number of amides is 1. The van der Waals surface area contributed by atoms with Crippen LogP contribution in [0.1, 0.15) is 29.5 Å². The van der Waals surface area contributed by atoms with Crippen LogP contribution in [0.2, 0.25) is 0 Å². The monoisotopic (exact) mass is 455 g/mol. The second-order valence-corrected chi connectivity index (χ2v) is 10.1. The first-order valence-electron chi connectivity index (χ1n) is 9.56. The molecule has 0 spiro atoms. The van der Waals surface area contributed by atoms with Gasteiger partial charge in [0, 0.05) is 31.7 Å². The Labute approximate surface area is 177 Å². The van der Waals surface area contributed by atoms with Crippen LogP contribution in [0.15, 0.2) is 41.6 Å². The lowest BCUT2D eigenvalue weighted by Crippen LogP contribution is -2.35. The maximum Gasteiger partial charge on any atom is 0.425 e. The molecule has 1 saturated heterocycles. The molecule has 1 unspecified atom stereocenters. The van der Waals surface area contributed by atoms with Gasteiger partial charge in [-0.25, -0.2) is 18.4 Å². The molecule has 2 fully saturated rings. The molecule has 11 heteroatoms. The van der Waals surface area contributed by atoms with Crippen LogP contribution in [0.5, 0.6) is 5.75 Å². The van der Waals surface area contributed by atoms with Crippen LogP contribution >= 0.6 is 0 Å². The summed E-state index contributed by atoms with van der Waals surface area (Å²) in [5.41, 5.74) is -0.587. The summed E-state index contributed by atoms with van der Waals surface area (Å²) >= 11 is 0. The first kappa shape index (κ1) is 21.5. The Kier molecular flexibility index (Phi) is 4.99. The third-order valence-electron chi connectivity index (χ3n) is 5.82. The van der Waals surface area contributed by atoms with Crippen LogP contribution < -0.4 is 4.74 Å². The summed E-state index contributed by atoms with van der Waals surface area (Å²) in [6.45, 7) is 1.51. The van der Waals surface area contributed by atoms with Gasteiger partial charge in [0.2, 0.25) is 0 Å². The van der Waals surface area contributed by atoms with Crippen LogP contribution in [0.25, 0.3) is 0 Å². The van der Waals surface area contributed by atoms with Gasteiger partial charge >= 0.3 is 6.18 Å². The summed E-state index contributed by atoms with van der Waals surface area (Å²) in [5, 5.41) is 0. The molecule has 3 atom stereocenters. The molecular weight excluding hydrogens is 435 g/mol. The van der Waals surface area contributed by atoms with Gasteiger partial charge in [-0.15, -0.1) is 0 Å². The zero-order chi connectivity index (χ0) is 22.6. The fourth-order valence-corrected chi connectivity index (χ4v) is 4.62. The van der Waals surface area contributed by atoms with Gasteiger partial charge in [-0.05, 0) is 43.5 Å². The van der Waals surface area contributed by atoms with Gasteiger partial charge in [0.1, 0.15) is 11.6 Å². The molecule has 1 saturated carbocycles. The average Bonchev–Trinajstić information content (AvgIpc) is 3.28. The molecule has 31 heavy (non-hydrogen) atoms. The number of benzene rings is 1. The zero-order valence-electron chi connectivity index (χ0n) is 16.8. The quantitative estimate of drug-likeness (QED) is 0.689. The van der Waals surface area contributed by atoms with Crippen molar-refractivity contribution in [3.8, 4) is 5.75 Å². The Balaban J connectivity index is 1.65. The Morgan fingerprint density at radius 2 is 1.97 bits per heavy atom. The largest absolute Gasteiger partial charge is 0.480 e. The number of alkyl halides is 3. The SMILES string of the molecule is C[C@@H](Oc1ccc(S(C)(=O)=O)cc1C(=O)N1CC2C[C@]2(c2ncccn2)C1)C(F)(F)F. The predicted octanol–water partition coefficient (Wildman–Crippen LogP) is 2.62. The van der Waals surface area contributed by atoms with Gasteiger partial charge in [0.25, 0.3) is 5.91 Å². The highest BCUT2D eigenvalue weighted by Gasteiger charge is 2.63. The first-order valence-corrected chi connectivity index (χ1v) is 11.5. The van der Waals surface area contributed by atoms with E-state index in [1.54, 1.807) is 18.5 Å². The Hall–Kier alpha value is -2.69. The van der Waals surface area contributed by atoms with Crippen LogP contribution in [0.4, 0.5) is 13.2 Å². The van der Waals surface area contributed by atoms with E-state index in [9.17, 15) is 26.4 Å². The smallest absolute Gasteiger partial charge is 0.425 e. The van der Waals surface area contributed by atoms with Gasteiger partial charge in [-0.2, -0.15) is 13.2 Å². The minimum absolute atomic E-state index is 0.149. The summed E-state index contributed by atoms with van der Waals surface area (Å²) in [5.74, 6) is -0.122. The number of rotatable bonds is 5. The molecule has 4 rings (SSSR count). The second-order valence-electron chi connectivity index (χ2n) is 8.05. The van der Waals surface area contributed by atoms with Gasteiger partial charge in [0.15, 0.2) is 15.9 Å². The highest BCUT2D eigenvalue weighted by molar-refractivity contribution is 7.90. The van der Waals surface area contributed by atoms with Gasteiger partial charge in [-0.1, -0.05) is 0 Å². The maximum absolute atomic E-state index is 13.2. The normalized spacial score (nSPS) is 23.9. The molecule has 0 radical (unpaired) electrons. The van der Waals surface area contributed by atoms with E-state index < -0.39 is 28.0 Å². The molecule has 7 nitrogen and oxygen atoms in total. The van der Waals surface area contributed by atoms with E-state index in [0.29, 0.717) is 18.9 Å².